The quantitative estimate of drug-likeness (QED) is 0.522. The maximum absolute atomic E-state index is 11.6. The molecule has 4 N–H and O–H groups in total. The van der Waals surface area contributed by atoms with Crippen LogP contribution in [0.5, 0.6) is 0 Å². The standard InChI is InChI=1S/C14H30N2O2/c1-11(2)13(8-9-15)6-7-14(18)16-10-4-5-12(3)17/h11-13,17H,4-10,15H2,1-3H3,(H,16,18). The summed E-state index contributed by atoms with van der Waals surface area (Å²) in [6.45, 7) is 7.48. The summed E-state index contributed by atoms with van der Waals surface area (Å²) in [5.41, 5.74) is 5.58. The second kappa shape index (κ2) is 10.3. The molecule has 0 radical (unpaired) electrons. The van der Waals surface area contributed by atoms with Crippen LogP contribution in [0.15, 0.2) is 0 Å². The summed E-state index contributed by atoms with van der Waals surface area (Å²) in [4.78, 5) is 11.6. The Morgan fingerprint density at radius 2 is 1.89 bits per heavy atom. The zero-order chi connectivity index (χ0) is 14.0. The van der Waals surface area contributed by atoms with Crippen LogP contribution in [-0.2, 0) is 4.79 Å². The van der Waals surface area contributed by atoms with Crippen LogP contribution in [0.4, 0.5) is 0 Å². The molecule has 1 amide bonds. The minimum Gasteiger partial charge on any atom is -0.393 e. The van der Waals surface area contributed by atoms with Crippen LogP contribution in [0.2, 0.25) is 0 Å². The van der Waals surface area contributed by atoms with E-state index in [0.29, 0.717) is 31.3 Å². The lowest BCUT2D eigenvalue weighted by atomic mass is 9.88. The van der Waals surface area contributed by atoms with Crippen molar-refractivity contribution in [2.24, 2.45) is 17.6 Å². The number of nitrogens with two attached hydrogens (primary N) is 1. The van der Waals surface area contributed by atoms with Crippen molar-refractivity contribution in [2.75, 3.05) is 13.1 Å². The van der Waals surface area contributed by atoms with Gasteiger partial charge in [0, 0.05) is 13.0 Å². The third-order valence-electron chi connectivity index (χ3n) is 3.34. The van der Waals surface area contributed by atoms with Gasteiger partial charge in [-0.15, -0.1) is 0 Å². The van der Waals surface area contributed by atoms with Gasteiger partial charge in [-0.1, -0.05) is 13.8 Å². The van der Waals surface area contributed by atoms with E-state index >= 15 is 0 Å². The van der Waals surface area contributed by atoms with E-state index in [9.17, 15) is 4.79 Å². The monoisotopic (exact) mass is 258 g/mol. The molecule has 0 rings (SSSR count). The molecule has 0 aliphatic rings. The highest BCUT2D eigenvalue weighted by Crippen LogP contribution is 2.20. The molecule has 4 heteroatoms. The molecule has 0 aromatic rings. The third kappa shape index (κ3) is 9.42. The first kappa shape index (κ1) is 17.4. The Morgan fingerprint density at radius 3 is 2.39 bits per heavy atom. The molecule has 0 aromatic heterocycles. The van der Waals surface area contributed by atoms with Gasteiger partial charge in [0.05, 0.1) is 6.10 Å². The van der Waals surface area contributed by atoms with E-state index in [0.717, 1.165) is 25.7 Å². The fraction of sp³-hybridized carbons (Fsp3) is 0.929. The van der Waals surface area contributed by atoms with E-state index in [2.05, 4.69) is 19.2 Å². The number of hydrogen-bond donors (Lipinski definition) is 3. The van der Waals surface area contributed by atoms with Gasteiger partial charge in [0.2, 0.25) is 5.91 Å². The molecule has 4 nitrogen and oxygen atoms in total. The first-order chi connectivity index (χ1) is 8.47. The number of carbonyl (C=O) groups excluding carboxylic acids is 1. The topological polar surface area (TPSA) is 75.3 Å². The molecule has 2 atom stereocenters. The predicted octanol–water partition coefficient (Wildman–Crippen LogP) is 1.66. The summed E-state index contributed by atoms with van der Waals surface area (Å²) < 4.78 is 0. The summed E-state index contributed by atoms with van der Waals surface area (Å²) >= 11 is 0. The average Bonchev–Trinajstić information content (AvgIpc) is 2.29. The van der Waals surface area contributed by atoms with Crippen LogP contribution in [0.3, 0.4) is 0 Å². The zero-order valence-electron chi connectivity index (χ0n) is 12.1. The molecule has 0 saturated carbocycles. The molecule has 0 heterocycles. The normalized spacial score (nSPS) is 14.6. The number of hydrogen-bond acceptors (Lipinski definition) is 3. The number of aliphatic hydroxyl groups is 1. The average molecular weight is 258 g/mol. The number of aliphatic hydroxyl groups excluding tert-OH is 1. The van der Waals surface area contributed by atoms with Gasteiger partial charge in [0.25, 0.3) is 0 Å². The molecule has 0 fully saturated rings. The van der Waals surface area contributed by atoms with Crippen LogP contribution in [0.25, 0.3) is 0 Å². The zero-order valence-corrected chi connectivity index (χ0v) is 12.1. The fourth-order valence-electron chi connectivity index (χ4n) is 2.06. The largest absolute Gasteiger partial charge is 0.393 e. The van der Waals surface area contributed by atoms with Gasteiger partial charge < -0.3 is 16.2 Å². The van der Waals surface area contributed by atoms with Crippen LogP contribution in [-0.4, -0.2) is 30.2 Å². The number of carbonyl (C=O) groups is 1. The van der Waals surface area contributed by atoms with Crippen molar-refractivity contribution in [1.29, 1.82) is 0 Å². The van der Waals surface area contributed by atoms with Gasteiger partial charge in [-0.05, 0) is 51.0 Å². The van der Waals surface area contributed by atoms with Crippen LogP contribution < -0.4 is 11.1 Å². The Bertz CT molecular complexity index is 218. The summed E-state index contributed by atoms with van der Waals surface area (Å²) in [6.07, 6.45) is 3.78. The molecule has 108 valence electrons. The Hall–Kier alpha value is -0.610. The minimum atomic E-state index is -0.281. The molecular weight excluding hydrogens is 228 g/mol. The lowest BCUT2D eigenvalue weighted by molar-refractivity contribution is -0.121. The second-order valence-corrected chi connectivity index (χ2v) is 5.46. The summed E-state index contributed by atoms with van der Waals surface area (Å²) in [5.74, 6) is 1.23. The summed E-state index contributed by atoms with van der Waals surface area (Å²) in [6, 6.07) is 0. The van der Waals surface area contributed by atoms with E-state index in [1.54, 1.807) is 6.92 Å². The molecule has 0 spiro atoms. The number of amides is 1. The van der Waals surface area contributed by atoms with E-state index in [4.69, 9.17) is 10.8 Å². The molecular formula is C14H30N2O2. The van der Waals surface area contributed by atoms with Gasteiger partial charge in [-0.2, -0.15) is 0 Å². The first-order valence-electron chi connectivity index (χ1n) is 7.12. The highest BCUT2D eigenvalue weighted by molar-refractivity contribution is 5.75. The minimum absolute atomic E-state index is 0.114. The molecule has 2 unspecified atom stereocenters. The Labute approximate surface area is 111 Å². The van der Waals surface area contributed by atoms with Crippen LogP contribution in [0.1, 0.15) is 52.9 Å². The maximum Gasteiger partial charge on any atom is 0.220 e. The van der Waals surface area contributed by atoms with Crippen molar-refractivity contribution in [3.8, 4) is 0 Å². The van der Waals surface area contributed by atoms with E-state index in [1.165, 1.54) is 0 Å². The van der Waals surface area contributed by atoms with E-state index < -0.39 is 0 Å². The van der Waals surface area contributed by atoms with Crippen molar-refractivity contribution < 1.29 is 9.90 Å². The van der Waals surface area contributed by atoms with Gasteiger partial charge in [-0.25, -0.2) is 0 Å². The van der Waals surface area contributed by atoms with E-state index in [1.807, 2.05) is 0 Å². The first-order valence-corrected chi connectivity index (χ1v) is 7.12. The lowest BCUT2D eigenvalue weighted by Gasteiger charge is -2.19. The highest BCUT2D eigenvalue weighted by Gasteiger charge is 2.14. The SMILES string of the molecule is CC(O)CCCNC(=O)CCC(CCN)C(C)C. The molecule has 18 heavy (non-hydrogen) atoms. The van der Waals surface area contributed by atoms with Crippen LogP contribution >= 0.6 is 0 Å². The molecule has 0 saturated heterocycles. The maximum atomic E-state index is 11.6. The van der Waals surface area contributed by atoms with Gasteiger partial charge in [0.15, 0.2) is 0 Å². The third-order valence-corrected chi connectivity index (χ3v) is 3.34. The number of rotatable bonds is 10. The summed E-state index contributed by atoms with van der Waals surface area (Å²) in [7, 11) is 0. The predicted molar refractivity (Wildman–Crippen MR) is 75.2 cm³/mol. The Balaban J connectivity index is 3.67. The fourth-order valence-corrected chi connectivity index (χ4v) is 2.06. The van der Waals surface area contributed by atoms with Crippen molar-refractivity contribution in [1.82, 2.24) is 5.32 Å². The Kier molecular flexibility index (Phi) is 9.98. The van der Waals surface area contributed by atoms with Crippen molar-refractivity contribution in [3.05, 3.63) is 0 Å². The van der Waals surface area contributed by atoms with Crippen LogP contribution in [0, 0.1) is 11.8 Å². The van der Waals surface area contributed by atoms with Crippen molar-refractivity contribution in [2.45, 2.75) is 59.0 Å². The summed E-state index contributed by atoms with van der Waals surface area (Å²) in [5, 5.41) is 12.0. The van der Waals surface area contributed by atoms with Gasteiger partial charge in [0.1, 0.15) is 0 Å². The molecule has 0 aromatic carbocycles. The smallest absolute Gasteiger partial charge is 0.220 e. The van der Waals surface area contributed by atoms with E-state index in [-0.39, 0.29) is 12.0 Å². The molecule has 0 aliphatic carbocycles. The number of nitrogens with one attached hydrogen (secondary N) is 1. The highest BCUT2D eigenvalue weighted by atomic mass is 16.3. The molecule has 0 aliphatic heterocycles. The van der Waals surface area contributed by atoms with Gasteiger partial charge >= 0.3 is 0 Å². The Morgan fingerprint density at radius 1 is 1.22 bits per heavy atom. The van der Waals surface area contributed by atoms with Gasteiger partial charge in [-0.3, -0.25) is 4.79 Å². The van der Waals surface area contributed by atoms with Crippen molar-refractivity contribution >= 4 is 5.91 Å². The lowest BCUT2D eigenvalue weighted by Crippen LogP contribution is -2.26. The second-order valence-electron chi connectivity index (χ2n) is 5.46. The molecule has 0 bridgehead atoms. The van der Waals surface area contributed by atoms with Crippen molar-refractivity contribution in [3.63, 3.8) is 0 Å².